The van der Waals surface area contributed by atoms with Crippen LogP contribution in [0.25, 0.3) is 0 Å². The summed E-state index contributed by atoms with van der Waals surface area (Å²) in [6, 6.07) is 8.07. The number of hydrogen-bond acceptors (Lipinski definition) is 2. The summed E-state index contributed by atoms with van der Waals surface area (Å²) in [6.07, 6.45) is 3.08. The van der Waals surface area contributed by atoms with Crippen molar-refractivity contribution < 1.29 is 9.90 Å². The van der Waals surface area contributed by atoms with E-state index in [1.165, 1.54) is 0 Å². The number of aliphatic carboxylic acids is 1. The van der Waals surface area contributed by atoms with Gasteiger partial charge in [-0.05, 0) is 31.4 Å². The fourth-order valence-corrected chi connectivity index (χ4v) is 2.67. The molecule has 2 rings (SSSR count). The Hall–Kier alpha value is -1.22. The minimum absolute atomic E-state index is 0.228. The average molecular weight is 254 g/mol. The number of carboxylic acid groups (broad SMARTS) is 1. The molecule has 17 heavy (non-hydrogen) atoms. The molecule has 1 aromatic carbocycles. The van der Waals surface area contributed by atoms with Gasteiger partial charge in [-0.15, -0.1) is 0 Å². The van der Waals surface area contributed by atoms with Crippen LogP contribution < -0.4 is 4.90 Å². The highest BCUT2D eigenvalue weighted by Gasteiger charge is 2.26. The van der Waals surface area contributed by atoms with Crippen LogP contribution in [0.2, 0.25) is 5.02 Å². The van der Waals surface area contributed by atoms with E-state index in [4.69, 9.17) is 16.7 Å². The first kappa shape index (κ1) is 12.2. The SMILES string of the molecule is O=C(O)CCC1CCCN1c1ccccc1Cl. The highest BCUT2D eigenvalue weighted by molar-refractivity contribution is 6.33. The molecule has 4 heteroatoms. The molecule has 1 fully saturated rings. The van der Waals surface area contributed by atoms with Crippen LogP contribution >= 0.6 is 11.6 Å². The Kier molecular flexibility index (Phi) is 3.89. The van der Waals surface area contributed by atoms with Crippen molar-refractivity contribution in [3.05, 3.63) is 29.3 Å². The minimum Gasteiger partial charge on any atom is -0.481 e. The van der Waals surface area contributed by atoms with Crippen LogP contribution in [0.15, 0.2) is 24.3 Å². The highest BCUT2D eigenvalue weighted by Crippen LogP contribution is 2.33. The summed E-state index contributed by atoms with van der Waals surface area (Å²) >= 11 is 6.17. The van der Waals surface area contributed by atoms with Gasteiger partial charge in [-0.1, -0.05) is 23.7 Å². The van der Waals surface area contributed by atoms with Crippen molar-refractivity contribution in [1.29, 1.82) is 0 Å². The summed E-state index contributed by atoms with van der Waals surface area (Å²) in [5, 5.41) is 9.49. The predicted octanol–water partition coefficient (Wildman–Crippen LogP) is 3.17. The molecule has 1 saturated heterocycles. The van der Waals surface area contributed by atoms with Crippen molar-refractivity contribution in [3.63, 3.8) is 0 Å². The Balaban J connectivity index is 2.09. The lowest BCUT2D eigenvalue weighted by Crippen LogP contribution is -2.29. The molecule has 92 valence electrons. The maximum Gasteiger partial charge on any atom is 0.303 e. The van der Waals surface area contributed by atoms with E-state index in [9.17, 15) is 4.79 Å². The fourth-order valence-electron chi connectivity index (χ4n) is 2.43. The molecule has 1 aliphatic heterocycles. The molecule has 0 bridgehead atoms. The van der Waals surface area contributed by atoms with Gasteiger partial charge in [-0.25, -0.2) is 0 Å². The van der Waals surface area contributed by atoms with Crippen LogP contribution in [-0.4, -0.2) is 23.7 Å². The van der Waals surface area contributed by atoms with Gasteiger partial charge in [0, 0.05) is 19.0 Å². The lowest BCUT2D eigenvalue weighted by molar-refractivity contribution is -0.137. The number of halogens is 1. The van der Waals surface area contributed by atoms with Gasteiger partial charge in [0.2, 0.25) is 0 Å². The maximum atomic E-state index is 10.6. The third kappa shape index (κ3) is 2.91. The standard InChI is InChI=1S/C13H16ClNO2/c14-11-5-1-2-6-12(11)15-9-3-4-10(15)7-8-13(16)17/h1-2,5-6,10H,3-4,7-9H2,(H,16,17). The molecular weight excluding hydrogens is 238 g/mol. The first-order chi connectivity index (χ1) is 8.18. The average Bonchev–Trinajstić information content (AvgIpc) is 2.75. The molecule has 1 aromatic rings. The van der Waals surface area contributed by atoms with Gasteiger partial charge in [0.05, 0.1) is 10.7 Å². The molecule has 0 saturated carbocycles. The molecule has 3 nitrogen and oxygen atoms in total. The first-order valence-corrected chi connectivity index (χ1v) is 6.29. The van der Waals surface area contributed by atoms with E-state index in [2.05, 4.69) is 4.90 Å². The largest absolute Gasteiger partial charge is 0.481 e. The van der Waals surface area contributed by atoms with Gasteiger partial charge >= 0.3 is 5.97 Å². The Labute approximate surface area is 106 Å². The molecule has 0 radical (unpaired) electrons. The van der Waals surface area contributed by atoms with Crippen molar-refractivity contribution in [2.45, 2.75) is 31.7 Å². The van der Waals surface area contributed by atoms with E-state index in [0.717, 1.165) is 30.1 Å². The third-order valence-corrected chi connectivity index (χ3v) is 3.55. The summed E-state index contributed by atoms with van der Waals surface area (Å²) in [6.45, 7) is 0.966. The van der Waals surface area contributed by atoms with Gasteiger partial charge in [0.1, 0.15) is 0 Å². The van der Waals surface area contributed by atoms with Gasteiger partial charge in [-0.3, -0.25) is 4.79 Å². The Morgan fingerprint density at radius 1 is 1.47 bits per heavy atom. The second-order valence-electron chi connectivity index (χ2n) is 4.37. The van der Waals surface area contributed by atoms with Crippen LogP contribution in [0.1, 0.15) is 25.7 Å². The molecular formula is C13H16ClNO2. The normalized spacial score (nSPS) is 19.6. The van der Waals surface area contributed by atoms with Crippen LogP contribution in [0, 0.1) is 0 Å². The summed E-state index contributed by atoms with van der Waals surface area (Å²) in [7, 11) is 0. The van der Waals surface area contributed by atoms with Crippen molar-refractivity contribution in [1.82, 2.24) is 0 Å². The molecule has 1 aliphatic rings. The summed E-state index contributed by atoms with van der Waals surface area (Å²) in [5.74, 6) is -0.726. The Morgan fingerprint density at radius 3 is 2.94 bits per heavy atom. The molecule has 0 spiro atoms. The minimum atomic E-state index is -0.726. The van der Waals surface area contributed by atoms with Crippen molar-refractivity contribution in [3.8, 4) is 0 Å². The molecule has 1 atom stereocenters. The van der Waals surface area contributed by atoms with Crippen molar-refractivity contribution >= 4 is 23.3 Å². The van der Waals surface area contributed by atoms with E-state index in [-0.39, 0.29) is 6.42 Å². The number of anilines is 1. The van der Waals surface area contributed by atoms with Gasteiger partial charge in [0.25, 0.3) is 0 Å². The number of para-hydroxylation sites is 1. The highest BCUT2D eigenvalue weighted by atomic mass is 35.5. The van der Waals surface area contributed by atoms with Gasteiger partial charge in [0.15, 0.2) is 0 Å². The Morgan fingerprint density at radius 2 is 2.24 bits per heavy atom. The molecule has 1 heterocycles. The number of carbonyl (C=O) groups is 1. The van der Waals surface area contributed by atoms with E-state index in [1.807, 2.05) is 24.3 Å². The molecule has 0 aliphatic carbocycles. The third-order valence-electron chi connectivity index (χ3n) is 3.23. The number of hydrogen-bond donors (Lipinski definition) is 1. The lowest BCUT2D eigenvalue weighted by atomic mass is 10.1. The number of rotatable bonds is 4. The monoisotopic (exact) mass is 253 g/mol. The number of nitrogens with zero attached hydrogens (tertiary/aromatic N) is 1. The maximum absolute atomic E-state index is 10.6. The predicted molar refractivity (Wildman–Crippen MR) is 68.7 cm³/mol. The molecule has 0 aromatic heterocycles. The molecule has 0 amide bonds. The zero-order chi connectivity index (χ0) is 12.3. The van der Waals surface area contributed by atoms with Crippen molar-refractivity contribution in [2.75, 3.05) is 11.4 Å². The smallest absolute Gasteiger partial charge is 0.303 e. The lowest BCUT2D eigenvalue weighted by Gasteiger charge is -2.27. The van der Waals surface area contributed by atoms with E-state index in [0.29, 0.717) is 12.5 Å². The molecule has 1 N–H and O–H groups in total. The molecule has 1 unspecified atom stereocenters. The van der Waals surface area contributed by atoms with Crippen molar-refractivity contribution in [2.24, 2.45) is 0 Å². The van der Waals surface area contributed by atoms with Crippen LogP contribution in [0.4, 0.5) is 5.69 Å². The number of carboxylic acids is 1. The zero-order valence-electron chi connectivity index (χ0n) is 9.60. The topological polar surface area (TPSA) is 40.5 Å². The van der Waals surface area contributed by atoms with E-state index in [1.54, 1.807) is 0 Å². The van der Waals surface area contributed by atoms with Crippen LogP contribution in [0.5, 0.6) is 0 Å². The van der Waals surface area contributed by atoms with E-state index < -0.39 is 5.97 Å². The zero-order valence-corrected chi connectivity index (χ0v) is 10.4. The second kappa shape index (κ2) is 5.41. The summed E-state index contributed by atoms with van der Waals surface area (Å²) in [5.41, 5.74) is 1.03. The Bertz CT molecular complexity index is 408. The van der Waals surface area contributed by atoms with Gasteiger partial charge < -0.3 is 10.0 Å². The summed E-state index contributed by atoms with van der Waals surface area (Å²) < 4.78 is 0. The second-order valence-corrected chi connectivity index (χ2v) is 4.78. The van der Waals surface area contributed by atoms with E-state index >= 15 is 0 Å². The van der Waals surface area contributed by atoms with Gasteiger partial charge in [-0.2, -0.15) is 0 Å². The fraction of sp³-hybridized carbons (Fsp3) is 0.462. The quantitative estimate of drug-likeness (QED) is 0.896. The van der Waals surface area contributed by atoms with Crippen LogP contribution in [0.3, 0.4) is 0 Å². The first-order valence-electron chi connectivity index (χ1n) is 5.91. The summed E-state index contributed by atoms with van der Waals surface area (Å²) in [4.78, 5) is 12.9. The number of benzene rings is 1. The van der Waals surface area contributed by atoms with Crippen LogP contribution in [-0.2, 0) is 4.79 Å².